The minimum Gasteiger partial charge on any atom is -0.454 e. The Balaban J connectivity index is 1.76. The fourth-order valence-corrected chi connectivity index (χ4v) is 6.38. The lowest BCUT2D eigenvalue weighted by atomic mass is 10.00. The van der Waals surface area contributed by atoms with Crippen molar-refractivity contribution in [1.29, 1.82) is 0 Å². The molecule has 0 bridgehead atoms. The molecule has 1 saturated carbocycles. The second-order valence-corrected chi connectivity index (χ2v) is 9.03. The van der Waals surface area contributed by atoms with Gasteiger partial charge < -0.3 is 20.3 Å². The van der Waals surface area contributed by atoms with Gasteiger partial charge in [-0.1, -0.05) is 23.8 Å². The van der Waals surface area contributed by atoms with Crippen molar-refractivity contribution in [2.45, 2.75) is 23.0 Å². The van der Waals surface area contributed by atoms with E-state index in [0.29, 0.717) is 11.5 Å². The van der Waals surface area contributed by atoms with E-state index >= 15 is 0 Å². The van der Waals surface area contributed by atoms with E-state index in [1.807, 2.05) is 13.0 Å². The fraction of sp³-hybridized carbons (Fsp3) is 0.368. The predicted molar refractivity (Wildman–Crippen MR) is 96.0 cm³/mol. The number of hydrogen-bond acceptors (Lipinski definition) is 6. The monoisotopic (exact) mass is 375 g/mol. The van der Waals surface area contributed by atoms with Gasteiger partial charge in [0.2, 0.25) is 6.79 Å². The molecule has 6 nitrogen and oxygen atoms in total. The van der Waals surface area contributed by atoms with Gasteiger partial charge in [0.05, 0.1) is 16.8 Å². The third-order valence-corrected chi connectivity index (χ3v) is 7.83. The molecule has 0 unspecified atom stereocenters. The van der Waals surface area contributed by atoms with Crippen LogP contribution in [-0.2, 0) is 9.84 Å². The van der Waals surface area contributed by atoms with Crippen molar-refractivity contribution in [2.24, 2.45) is 11.1 Å². The Morgan fingerprint density at radius 1 is 1.15 bits per heavy atom. The number of aliphatic hydroxyl groups is 1. The van der Waals surface area contributed by atoms with Gasteiger partial charge in [-0.05, 0) is 36.8 Å². The van der Waals surface area contributed by atoms with E-state index in [1.165, 1.54) is 0 Å². The lowest BCUT2D eigenvalue weighted by Gasteiger charge is -2.12. The fourth-order valence-electron chi connectivity index (χ4n) is 3.93. The van der Waals surface area contributed by atoms with Crippen LogP contribution in [-0.4, -0.2) is 38.7 Å². The SMILES string of the molecule is Cc1ccc(S(=O)(=O)[C@@H]2[C@@H](c3ccc4c(c3)OCO4)[C@@]2(CN)CO)cc1. The summed E-state index contributed by atoms with van der Waals surface area (Å²) >= 11 is 0. The molecule has 2 aromatic rings. The molecule has 2 aromatic carbocycles. The number of aliphatic hydroxyl groups excluding tert-OH is 1. The van der Waals surface area contributed by atoms with Crippen LogP contribution < -0.4 is 15.2 Å². The van der Waals surface area contributed by atoms with Crippen molar-refractivity contribution in [2.75, 3.05) is 19.9 Å². The van der Waals surface area contributed by atoms with Gasteiger partial charge in [-0.25, -0.2) is 8.42 Å². The van der Waals surface area contributed by atoms with E-state index in [4.69, 9.17) is 15.2 Å². The zero-order chi connectivity index (χ0) is 18.5. The van der Waals surface area contributed by atoms with Gasteiger partial charge in [-0.3, -0.25) is 0 Å². The zero-order valence-electron chi connectivity index (χ0n) is 14.4. The number of ether oxygens (including phenoxy) is 2. The Bertz CT molecular complexity index is 935. The van der Waals surface area contributed by atoms with Crippen molar-refractivity contribution < 1.29 is 23.0 Å². The van der Waals surface area contributed by atoms with Gasteiger partial charge in [0, 0.05) is 17.9 Å². The quantitative estimate of drug-likeness (QED) is 0.824. The second kappa shape index (κ2) is 5.97. The molecule has 26 heavy (non-hydrogen) atoms. The number of hydrogen-bond donors (Lipinski definition) is 2. The first kappa shape index (κ1) is 17.3. The van der Waals surface area contributed by atoms with E-state index in [0.717, 1.165) is 11.1 Å². The summed E-state index contributed by atoms with van der Waals surface area (Å²) in [7, 11) is -3.64. The van der Waals surface area contributed by atoms with Crippen LogP contribution >= 0.6 is 0 Å². The molecule has 3 N–H and O–H groups in total. The third kappa shape index (κ3) is 2.42. The molecule has 1 heterocycles. The van der Waals surface area contributed by atoms with Crippen molar-refractivity contribution in [3.05, 3.63) is 53.6 Å². The van der Waals surface area contributed by atoms with Crippen molar-refractivity contribution in [3.63, 3.8) is 0 Å². The van der Waals surface area contributed by atoms with Gasteiger partial charge in [0.25, 0.3) is 0 Å². The number of benzene rings is 2. The molecule has 1 aliphatic heterocycles. The van der Waals surface area contributed by atoms with Crippen LogP contribution in [0.15, 0.2) is 47.4 Å². The lowest BCUT2D eigenvalue weighted by molar-refractivity contribution is 0.174. The maximum Gasteiger partial charge on any atom is 0.231 e. The highest BCUT2D eigenvalue weighted by Crippen LogP contribution is 2.63. The van der Waals surface area contributed by atoms with E-state index in [9.17, 15) is 13.5 Å². The number of rotatable bonds is 5. The Hall–Kier alpha value is -2.09. The van der Waals surface area contributed by atoms with Crippen molar-refractivity contribution in [3.8, 4) is 11.5 Å². The molecular weight excluding hydrogens is 354 g/mol. The first-order chi connectivity index (χ1) is 12.4. The van der Waals surface area contributed by atoms with Crippen LogP contribution in [0, 0.1) is 12.3 Å². The Morgan fingerprint density at radius 2 is 1.85 bits per heavy atom. The number of nitrogens with two attached hydrogens (primary N) is 1. The van der Waals surface area contributed by atoms with Gasteiger partial charge in [0.15, 0.2) is 21.3 Å². The highest BCUT2D eigenvalue weighted by Gasteiger charge is 2.70. The van der Waals surface area contributed by atoms with E-state index in [-0.39, 0.29) is 24.8 Å². The molecule has 7 heteroatoms. The number of fused-ring (bicyclic) bond motifs is 1. The maximum atomic E-state index is 13.2. The molecule has 0 aromatic heterocycles. The van der Waals surface area contributed by atoms with Gasteiger partial charge in [0.1, 0.15) is 0 Å². The summed E-state index contributed by atoms with van der Waals surface area (Å²) in [6.45, 7) is 1.84. The Morgan fingerprint density at radius 3 is 2.50 bits per heavy atom. The van der Waals surface area contributed by atoms with Gasteiger partial charge in [-0.2, -0.15) is 0 Å². The molecule has 1 fully saturated rings. The molecule has 0 saturated heterocycles. The molecule has 0 spiro atoms. The lowest BCUT2D eigenvalue weighted by Crippen LogP contribution is -2.27. The Labute approximate surface area is 152 Å². The van der Waals surface area contributed by atoms with E-state index in [1.54, 1.807) is 36.4 Å². The summed E-state index contributed by atoms with van der Waals surface area (Å²) in [4.78, 5) is 0.252. The van der Waals surface area contributed by atoms with Gasteiger partial charge in [-0.15, -0.1) is 0 Å². The Kier molecular flexibility index (Phi) is 3.98. The van der Waals surface area contributed by atoms with Crippen molar-refractivity contribution >= 4 is 9.84 Å². The van der Waals surface area contributed by atoms with Crippen molar-refractivity contribution in [1.82, 2.24) is 0 Å². The van der Waals surface area contributed by atoms with Crippen LogP contribution in [0.4, 0.5) is 0 Å². The molecular formula is C19H21NO5S. The molecule has 0 radical (unpaired) electrons. The molecule has 2 aliphatic rings. The van der Waals surface area contributed by atoms with Crippen LogP contribution in [0.3, 0.4) is 0 Å². The highest BCUT2D eigenvalue weighted by molar-refractivity contribution is 7.92. The zero-order valence-corrected chi connectivity index (χ0v) is 15.2. The topological polar surface area (TPSA) is 98.9 Å². The summed E-state index contributed by atoms with van der Waals surface area (Å²) in [6.07, 6.45) is 0. The standard InChI is InChI=1S/C19H21NO5S/c1-12-2-5-14(6-3-12)26(22,23)18-17(19(18,9-20)10-21)13-4-7-15-16(8-13)25-11-24-15/h2-8,17-18,21H,9-11,20H2,1H3/t17-,18-,19-/m1/s1. The molecule has 1 aliphatic carbocycles. The predicted octanol–water partition coefficient (Wildman–Crippen LogP) is 1.60. The first-order valence-corrected chi connectivity index (χ1v) is 10.00. The molecule has 3 atom stereocenters. The molecule has 0 amide bonds. The number of aryl methyl sites for hydroxylation is 1. The van der Waals surface area contributed by atoms with Crippen LogP contribution in [0.1, 0.15) is 17.0 Å². The number of sulfone groups is 1. The summed E-state index contributed by atoms with van der Waals surface area (Å²) in [6, 6.07) is 12.1. The van der Waals surface area contributed by atoms with Crippen LogP contribution in [0.2, 0.25) is 0 Å². The van der Waals surface area contributed by atoms with E-state index < -0.39 is 26.4 Å². The second-order valence-electron chi connectivity index (χ2n) is 6.96. The summed E-state index contributed by atoms with van der Waals surface area (Å²) < 4.78 is 37.2. The van der Waals surface area contributed by atoms with Gasteiger partial charge >= 0.3 is 0 Å². The minimum absolute atomic E-state index is 0.0817. The average molecular weight is 375 g/mol. The van der Waals surface area contributed by atoms with Crippen LogP contribution in [0.5, 0.6) is 11.5 Å². The molecule has 4 rings (SSSR count). The summed E-state index contributed by atoms with van der Waals surface area (Å²) in [5.74, 6) is 0.831. The van der Waals surface area contributed by atoms with Crippen LogP contribution in [0.25, 0.3) is 0 Å². The first-order valence-electron chi connectivity index (χ1n) is 8.45. The summed E-state index contributed by atoms with van der Waals surface area (Å²) in [5, 5.41) is 9.24. The molecule has 138 valence electrons. The highest BCUT2D eigenvalue weighted by atomic mass is 32.2. The average Bonchev–Trinajstić information content (AvgIpc) is 3.12. The smallest absolute Gasteiger partial charge is 0.231 e. The minimum atomic E-state index is -3.64. The normalized spacial score (nSPS) is 26.7. The van der Waals surface area contributed by atoms with E-state index in [2.05, 4.69) is 0 Å². The third-order valence-electron chi connectivity index (χ3n) is 5.49. The maximum absolute atomic E-state index is 13.2. The summed E-state index contributed by atoms with van der Waals surface area (Å²) in [5.41, 5.74) is 6.81. The largest absolute Gasteiger partial charge is 0.454 e.